The van der Waals surface area contributed by atoms with E-state index in [1.807, 2.05) is 18.2 Å². The van der Waals surface area contributed by atoms with Crippen LogP contribution in [0.1, 0.15) is 11.1 Å². The molecule has 1 heterocycles. The SMILES string of the molecule is NC(=O)Nc1cccc(NCc2cccc3c2NCC3)c1. The van der Waals surface area contributed by atoms with Crippen LogP contribution in [-0.4, -0.2) is 12.6 Å². The lowest BCUT2D eigenvalue weighted by Crippen LogP contribution is -2.19. The lowest BCUT2D eigenvalue weighted by atomic mass is 10.1. The molecule has 5 nitrogen and oxygen atoms in total. The summed E-state index contributed by atoms with van der Waals surface area (Å²) < 4.78 is 0. The first kappa shape index (κ1) is 13.3. The Hall–Kier alpha value is -2.69. The van der Waals surface area contributed by atoms with Gasteiger partial charge in [0.05, 0.1) is 0 Å². The van der Waals surface area contributed by atoms with Gasteiger partial charge in [0.2, 0.25) is 0 Å². The molecular weight excluding hydrogens is 264 g/mol. The van der Waals surface area contributed by atoms with E-state index in [2.05, 4.69) is 34.1 Å². The van der Waals surface area contributed by atoms with Gasteiger partial charge in [-0.15, -0.1) is 0 Å². The molecule has 0 atom stereocenters. The number of urea groups is 1. The van der Waals surface area contributed by atoms with Gasteiger partial charge in [-0.1, -0.05) is 24.3 Å². The van der Waals surface area contributed by atoms with E-state index in [4.69, 9.17) is 5.73 Å². The van der Waals surface area contributed by atoms with Crippen molar-refractivity contribution in [2.24, 2.45) is 5.73 Å². The van der Waals surface area contributed by atoms with Crippen molar-refractivity contribution in [1.29, 1.82) is 0 Å². The van der Waals surface area contributed by atoms with Gasteiger partial charge in [-0.25, -0.2) is 4.79 Å². The largest absolute Gasteiger partial charge is 0.384 e. The summed E-state index contributed by atoms with van der Waals surface area (Å²) in [6.07, 6.45) is 1.08. The fourth-order valence-electron chi connectivity index (χ4n) is 2.60. The van der Waals surface area contributed by atoms with Crippen LogP contribution in [0, 0.1) is 0 Å². The quantitative estimate of drug-likeness (QED) is 0.696. The van der Waals surface area contributed by atoms with Crippen molar-refractivity contribution in [3.63, 3.8) is 0 Å². The van der Waals surface area contributed by atoms with Gasteiger partial charge in [-0.05, 0) is 35.7 Å². The number of fused-ring (bicyclic) bond motifs is 1. The second kappa shape index (κ2) is 5.75. The first-order valence-corrected chi connectivity index (χ1v) is 6.97. The average molecular weight is 282 g/mol. The van der Waals surface area contributed by atoms with Crippen LogP contribution in [-0.2, 0) is 13.0 Å². The number of primary amides is 1. The Balaban J connectivity index is 1.71. The summed E-state index contributed by atoms with van der Waals surface area (Å²) in [4.78, 5) is 10.9. The van der Waals surface area contributed by atoms with Gasteiger partial charge in [0.15, 0.2) is 0 Å². The number of carbonyl (C=O) groups excluding carboxylic acids is 1. The van der Waals surface area contributed by atoms with Crippen LogP contribution in [0.5, 0.6) is 0 Å². The first-order valence-electron chi connectivity index (χ1n) is 6.97. The smallest absolute Gasteiger partial charge is 0.316 e. The Labute approximate surface area is 123 Å². The zero-order valence-corrected chi connectivity index (χ0v) is 11.6. The molecule has 2 amide bonds. The molecule has 2 aromatic carbocycles. The number of nitrogens with one attached hydrogen (secondary N) is 3. The van der Waals surface area contributed by atoms with Gasteiger partial charge < -0.3 is 21.7 Å². The number of carbonyl (C=O) groups is 1. The van der Waals surface area contributed by atoms with E-state index in [1.54, 1.807) is 6.07 Å². The van der Waals surface area contributed by atoms with Gasteiger partial charge in [0, 0.05) is 30.2 Å². The Morgan fingerprint density at radius 3 is 2.86 bits per heavy atom. The minimum Gasteiger partial charge on any atom is -0.384 e. The second-order valence-electron chi connectivity index (χ2n) is 5.05. The normalized spacial score (nSPS) is 12.4. The number of hydrogen-bond acceptors (Lipinski definition) is 3. The predicted octanol–water partition coefficient (Wildman–Crippen LogP) is 2.76. The molecule has 5 heteroatoms. The summed E-state index contributed by atoms with van der Waals surface area (Å²) in [5.41, 5.74) is 10.6. The molecule has 2 aromatic rings. The summed E-state index contributed by atoms with van der Waals surface area (Å²) in [5, 5.41) is 9.37. The third kappa shape index (κ3) is 3.08. The lowest BCUT2D eigenvalue weighted by Gasteiger charge is -2.12. The summed E-state index contributed by atoms with van der Waals surface area (Å²) in [6, 6.07) is 13.3. The van der Waals surface area contributed by atoms with Gasteiger partial charge in [0.25, 0.3) is 0 Å². The topological polar surface area (TPSA) is 79.2 Å². The molecule has 0 fully saturated rings. The number of hydrogen-bond donors (Lipinski definition) is 4. The molecule has 0 unspecified atom stereocenters. The molecule has 0 bridgehead atoms. The van der Waals surface area contributed by atoms with Gasteiger partial charge in [-0.2, -0.15) is 0 Å². The minimum atomic E-state index is -0.558. The molecule has 0 saturated carbocycles. The Morgan fingerprint density at radius 1 is 1.19 bits per heavy atom. The third-order valence-corrected chi connectivity index (χ3v) is 3.55. The highest BCUT2D eigenvalue weighted by Gasteiger charge is 2.13. The molecule has 5 N–H and O–H groups in total. The Bertz CT molecular complexity index is 669. The lowest BCUT2D eigenvalue weighted by molar-refractivity contribution is 0.259. The van der Waals surface area contributed by atoms with Crippen molar-refractivity contribution in [1.82, 2.24) is 0 Å². The molecule has 21 heavy (non-hydrogen) atoms. The molecule has 108 valence electrons. The number of anilines is 3. The number of rotatable bonds is 4. The zero-order valence-electron chi connectivity index (χ0n) is 11.6. The summed E-state index contributed by atoms with van der Waals surface area (Å²) >= 11 is 0. The van der Waals surface area contributed by atoms with E-state index < -0.39 is 6.03 Å². The van der Waals surface area contributed by atoms with E-state index in [0.29, 0.717) is 5.69 Å². The van der Waals surface area contributed by atoms with Crippen LogP contribution >= 0.6 is 0 Å². The number of para-hydroxylation sites is 1. The highest BCUT2D eigenvalue weighted by Crippen LogP contribution is 2.27. The average Bonchev–Trinajstić information content (AvgIpc) is 2.93. The van der Waals surface area contributed by atoms with Crippen LogP contribution in [0.25, 0.3) is 0 Å². The second-order valence-corrected chi connectivity index (χ2v) is 5.05. The van der Waals surface area contributed by atoms with Crippen molar-refractivity contribution in [3.05, 3.63) is 53.6 Å². The van der Waals surface area contributed by atoms with Crippen molar-refractivity contribution < 1.29 is 4.79 Å². The van der Waals surface area contributed by atoms with Crippen LogP contribution in [0.4, 0.5) is 21.9 Å². The van der Waals surface area contributed by atoms with Crippen LogP contribution in [0.3, 0.4) is 0 Å². The summed E-state index contributed by atoms with van der Waals surface area (Å²) in [7, 11) is 0. The molecule has 0 radical (unpaired) electrons. The summed E-state index contributed by atoms with van der Waals surface area (Å²) in [5.74, 6) is 0. The maximum atomic E-state index is 10.9. The van der Waals surface area contributed by atoms with Crippen LogP contribution in [0.15, 0.2) is 42.5 Å². The van der Waals surface area contributed by atoms with E-state index in [0.717, 1.165) is 25.2 Å². The number of nitrogens with two attached hydrogens (primary N) is 1. The maximum Gasteiger partial charge on any atom is 0.316 e. The predicted molar refractivity (Wildman–Crippen MR) is 85.6 cm³/mol. The van der Waals surface area contributed by atoms with Crippen molar-refractivity contribution >= 4 is 23.1 Å². The van der Waals surface area contributed by atoms with E-state index in [9.17, 15) is 4.79 Å². The summed E-state index contributed by atoms with van der Waals surface area (Å²) in [6.45, 7) is 1.74. The van der Waals surface area contributed by atoms with Crippen molar-refractivity contribution in [3.8, 4) is 0 Å². The highest BCUT2D eigenvalue weighted by molar-refractivity contribution is 5.88. The number of amides is 2. The standard InChI is InChI=1S/C16H18N4O/c17-16(21)20-14-6-2-5-13(9-14)19-10-12-4-1-3-11-7-8-18-15(11)12/h1-6,9,18-19H,7-8,10H2,(H3,17,20,21). The van der Waals surface area contributed by atoms with Crippen LogP contribution in [0.2, 0.25) is 0 Å². The first-order chi connectivity index (χ1) is 10.2. The molecule has 0 spiro atoms. The van der Waals surface area contributed by atoms with Gasteiger partial charge in [-0.3, -0.25) is 0 Å². The highest BCUT2D eigenvalue weighted by atomic mass is 16.2. The molecular formula is C16H18N4O. The monoisotopic (exact) mass is 282 g/mol. The molecule has 0 aromatic heterocycles. The van der Waals surface area contributed by atoms with Crippen molar-refractivity contribution in [2.45, 2.75) is 13.0 Å². The van der Waals surface area contributed by atoms with Crippen molar-refractivity contribution in [2.75, 3.05) is 22.5 Å². The zero-order chi connectivity index (χ0) is 14.7. The minimum absolute atomic E-state index is 0.558. The van der Waals surface area contributed by atoms with E-state index in [-0.39, 0.29) is 0 Å². The maximum absolute atomic E-state index is 10.9. The molecule has 1 aliphatic rings. The van der Waals surface area contributed by atoms with E-state index >= 15 is 0 Å². The molecule has 0 saturated heterocycles. The van der Waals surface area contributed by atoms with Gasteiger partial charge in [0.1, 0.15) is 0 Å². The fourth-order valence-corrected chi connectivity index (χ4v) is 2.60. The Morgan fingerprint density at radius 2 is 2.00 bits per heavy atom. The molecule has 1 aliphatic heterocycles. The Kier molecular flexibility index (Phi) is 3.64. The van der Waals surface area contributed by atoms with E-state index in [1.165, 1.54) is 16.8 Å². The van der Waals surface area contributed by atoms with Gasteiger partial charge >= 0.3 is 6.03 Å². The molecule has 0 aliphatic carbocycles. The fraction of sp³-hybridized carbons (Fsp3) is 0.188. The van der Waals surface area contributed by atoms with Crippen LogP contribution < -0.4 is 21.7 Å². The number of benzene rings is 2. The third-order valence-electron chi connectivity index (χ3n) is 3.55. The molecule has 3 rings (SSSR count).